The van der Waals surface area contributed by atoms with E-state index in [9.17, 15) is 18.0 Å². The molecular weight excluding hydrogens is 591 g/mol. The van der Waals surface area contributed by atoms with E-state index in [1.54, 1.807) is 23.8 Å². The molecule has 6 rings (SSSR count). The Hall–Kier alpha value is -4.62. The SMILES string of the molecule is Cc1ccc2c(c1)N1C(=CC2C)CSC1=NC(=O)NN(C)Cc1ccc(-c2ncn(-c3ccc(OC(F)(F)F)cc3)n2)cc1. The molecule has 0 spiro atoms. The number of aliphatic imine (C=N–C) groups is 1. The number of halogens is 3. The van der Waals surface area contributed by atoms with Gasteiger partial charge in [-0.25, -0.2) is 19.5 Å². The average Bonchev–Trinajstić information content (AvgIpc) is 3.61. The van der Waals surface area contributed by atoms with Crippen LogP contribution >= 0.6 is 11.8 Å². The van der Waals surface area contributed by atoms with Gasteiger partial charge in [-0.3, -0.25) is 10.3 Å². The molecule has 0 saturated carbocycles. The van der Waals surface area contributed by atoms with Gasteiger partial charge in [-0.15, -0.1) is 18.3 Å². The lowest BCUT2D eigenvalue weighted by molar-refractivity contribution is -0.274. The Kier molecular flexibility index (Phi) is 7.91. The highest BCUT2D eigenvalue weighted by atomic mass is 32.2. The van der Waals surface area contributed by atoms with Gasteiger partial charge in [0.25, 0.3) is 0 Å². The number of carbonyl (C=O) groups is 1. The third-order valence-corrected chi connectivity index (χ3v) is 8.10. The lowest BCUT2D eigenvalue weighted by Gasteiger charge is -2.30. The van der Waals surface area contributed by atoms with Crippen molar-refractivity contribution in [2.24, 2.45) is 4.99 Å². The summed E-state index contributed by atoms with van der Waals surface area (Å²) in [7, 11) is 1.77. The number of benzene rings is 3. The zero-order valence-corrected chi connectivity index (χ0v) is 24.9. The first-order chi connectivity index (χ1) is 21.0. The summed E-state index contributed by atoms with van der Waals surface area (Å²) in [6, 6.07) is 18.8. The largest absolute Gasteiger partial charge is 0.573 e. The van der Waals surface area contributed by atoms with Crippen molar-refractivity contribution < 1.29 is 22.7 Å². The molecular formula is C31H28F3N7O2S. The molecule has 226 valence electrons. The number of anilines is 1. The first-order valence-corrected chi connectivity index (χ1v) is 14.7. The maximum atomic E-state index is 12.9. The van der Waals surface area contributed by atoms with Crippen molar-refractivity contribution in [1.82, 2.24) is 25.2 Å². The minimum Gasteiger partial charge on any atom is -0.406 e. The number of ether oxygens (including phenoxy) is 1. The Bertz CT molecular complexity index is 1750. The molecule has 9 nitrogen and oxygen atoms in total. The number of amides is 2. The number of allylic oxidation sites excluding steroid dienone is 1. The van der Waals surface area contributed by atoms with Gasteiger partial charge in [-0.2, -0.15) is 4.99 Å². The maximum Gasteiger partial charge on any atom is 0.573 e. The number of nitrogens with zero attached hydrogens (tertiary/aromatic N) is 6. The van der Waals surface area contributed by atoms with Gasteiger partial charge in [-0.1, -0.05) is 61.2 Å². The van der Waals surface area contributed by atoms with E-state index in [0.29, 0.717) is 29.1 Å². The van der Waals surface area contributed by atoms with Crippen molar-refractivity contribution in [3.05, 3.63) is 102 Å². The summed E-state index contributed by atoms with van der Waals surface area (Å²) in [5.74, 6) is 1.21. The number of carbonyl (C=O) groups excluding carboxylic acids is 1. The summed E-state index contributed by atoms with van der Waals surface area (Å²) in [6.07, 6.45) is -1.03. The topological polar surface area (TPSA) is 87.9 Å². The van der Waals surface area contributed by atoms with Gasteiger partial charge in [0, 0.05) is 36.5 Å². The minimum absolute atomic E-state index is 0.303. The van der Waals surface area contributed by atoms with E-state index in [-0.39, 0.29) is 5.75 Å². The Morgan fingerprint density at radius 2 is 1.89 bits per heavy atom. The van der Waals surface area contributed by atoms with E-state index < -0.39 is 12.4 Å². The van der Waals surface area contributed by atoms with E-state index in [2.05, 4.69) is 68.3 Å². The summed E-state index contributed by atoms with van der Waals surface area (Å²) < 4.78 is 42.6. The number of fused-ring (bicyclic) bond motifs is 3. The van der Waals surface area contributed by atoms with Gasteiger partial charge in [-0.05, 0) is 53.9 Å². The van der Waals surface area contributed by atoms with Crippen LogP contribution < -0.4 is 15.1 Å². The third kappa shape index (κ3) is 6.48. The molecule has 1 unspecified atom stereocenters. The molecule has 0 aliphatic carbocycles. The standard InChI is InChI=1S/C31H28F3N7O2S/c1-19-4-13-26-20(2)15-24-17-44-30(41(24)27(26)14-19)36-29(42)38-39(3)16-21-5-7-22(8-6-21)28-35-18-40(37-28)23-9-11-25(12-10-23)43-31(32,33)34/h4-15,18,20H,16-17H2,1-3H3,(H,38,42). The van der Waals surface area contributed by atoms with Gasteiger partial charge < -0.3 is 4.74 Å². The number of hydrazine groups is 1. The molecule has 2 aliphatic heterocycles. The lowest BCUT2D eigenvalue weighted by atomic mass is 9.93. The molecule has 3 aromatic carbocycles. The first-order valence-electron chi connectivity index (χ1n) is 13.7. The highest BCUT2D eigenvalue weighted by molar-refractivity contribution is 8.14. The molecule has 3 heterocycles. The van der Waals surface area contributed by atoms with Crippen molar-refractivity contribution in [3.8, 4) is 22.8 Å². The monoisotopic (exact) mass is 619 g/mol. The van der Waals surface area contributed by atoms with Crippen molar-refractivity contribution >= 4 is 28.6 Å². The molecule has 1 aromatic heterocycles. The van der Waals surface area contributed by atoms with Crippen molar-refractivity contribution in [3.63, 3.8) is 0 Å². The number of aryl methyl sites for hydroxylation is 1. The first kappa shape index (κ1) is 29.5. The van der Waals surface area contributed by atoms with Crippen LogP contribution in [0.2, 0.25) is 0 Å². The Labute approximate surface area is 256 Å². The average molecular weight is 620 g/mol. The highest BCUT2D eigenvalue weighted by Gasteiger charge is 2.33. The number of nitrogens with one attached hydrogen (secondary N) is 1. The number of hydrogen-bond donors (Lipinski definition) is 1. The fraction of sp³-hybridized carbons (Fsp3) is 0.226. The van der Waals surface area contributed by atoms with Crippen LogP contribution in [0.25, 0.3) is 17.1 Å². The van der Waals surface area contributed by atoms with E-state index in [4.69, 9.17) is 0 Å². The highest BCUT2D eigenvalue weighted by Crippen LogP contribution is 2.43. The number of amidine groups is 1. The molecule has 1 atom stereocenters. The molecule has 4 aromatic rings. The van der Waals surface area contributed by atoms with Crippen LogP contribution in [0.5, 0.6) is 5.75 Å². The number of aromatic nitrogens is 3. The molecule has 1 saturated heterocycles. The quantitative estimate of drug-likeness (QED) is 0.237. The molecule has 44 heavy (non-hydrogen) atoms. The summed E-state index contributed by atoms with van der Waals surface area (Å²) in [4.78, 5) is 23.7. The normalized spacial score (nSPS) is 17.0. The summed E-state index contributed by atoms with van der Waals surface area (Å²) >= 11 is 1.55. The summed E-state index contributed by atoms with van der Waals surface area (Å²) in [5.41, 5.74) is 9.66. The third-order valence-electron chi connectivity index (χ3n) is 7.13. The Morgan fingerprint density at radius 1 is 1.14 bits per heavy atom. The van der Waals surface area contributed by atoms with Crippen LogP contribution in [-0.4, -0.2) is 50.1 Å². The maximum absolute atomic E-state index is 12.9. The molecule has 0 radical (unpaired) electrons. The molecule has 0 bridgehead atoms. The predicted octanol–water partition coefficient (Wildman–Crippen LogP) is 6.81. The smallest absolute Gasteiger partial charge is 0.406 e. The van der Waals surface area contributed by atoms with Gasteiger partial charge in [0.15, 0.2) is 11.0 Å². The van der Waals surface area contributed by atoms with Gasteiger partial charge in [0.05, 0.1) is 11.4 Å². The second-order valence-corrected chi connectivity index (χ2v) is 11.5. The zero-order valence-electron chi connectivity index (χ0n) is 24.0. The van der Waals surface area contributed by atoms with Crippen LogP contribution in [0.1, 0.15) is 29.5 Å². The van der Waals surface area contributed by atoms with Crippen LogP contribution in [0, 0.1) is 6.92 Å². The van der Waals surface area contributed by atoms with Gasteiger partial charge >= 0.3 is 12.4 Å². The number of thioether (sulfide) groups is 1. The van der Waals surface area contributed by atoms with Crippen LogP contribution in [0.3, 0.4) is 0 Å². The minimum atomic E-state index is -4.75. The molecule has 2 aliphatic rings. The van der Waals surface area contributed by atoms with Crippen molar-refractivity contribution in [1.29, 1.82) is 0 Å². The Balaban J connectivity index is 1.07. The fourth-order valence-corrected chi connectivity index (χ4v) is 6.13. The second kappa shape index (κ2) is 11.8. The number of alkyl halides is 3. The molecule has 13 heteroatoms. The van der Waals surface area contributed by atoms with Crippen molar-refractivity contribution in [2.75, 3.05) is 17.7 Å². The lowest BCUT2D eigenvalue weighted by Crippen LogP contribution is -2.38. The molecule has 1 N–H and O–H groups in total. The van der Waals surface area contributed by atoms with Crippen LogP contribution in [-0.2, 0) is 6.54 Å². The number of hydrogen-bond acceptors (Lipinski definition) is 6. The zero-order chi connectivity index (χ0) is 31.0. The van der Waals surface area contributed by atoms with Gasteiger partial charge in [0.2, 0.25) is 0 Å². The second-order valence-electron chi connectivity index (χ2n) is 10.6. The van der Waals surface area contributed by atoms with Crippen LogP contribution in [0.4, 0.5) is 23.7 Å². The van der Waals surface area contributed by atoms with E-state index in [1.165, 1.54) is 40.8 Å². The Morgan fingerprint density at radius 3 is 2.61 bits per heavy atom. The van der Waals surface area contributed by atoms with E-state index >= 15 is 0 Å². The number of urea groups is 1. The van der Waals surface area contributed by atoms with Gasteiger partial charge in [0.1, 0.15) is 12.1 Å². The van der Waals surface area contributed by atoms with E-state index in [1.807, 2.05) is 24.3 Å². The molecule has 2 amide bonds. The predicted molar refractivity (Wildman–Crippen MR) is 164 cm³/mol. The van der Waals surface area contributed by atoms with Crippen molar-refractivity contribution in [2.45, 2.75) is 32.7 Å². The fourth-order valence-electron chi connectivity index (χ4n) is 5.13. The summed E-state index contributed by atoms with van der Waals surface area (Å²) in [6.45, 7) is 4.67. The van der Waals surface area contributed by atoms with E-state index in [0.717, 1.165) is 33.8 Å². The number of rotatable bonds is 6. The molecule has 1 fully saturated rings. The van der Waals surface area contributed by atoms with Crippen LogP contribution in [0.15, 0.2) is 89.8 Å². The summed E-state index contributed by atoms with van der Waals surface area (Å²) in [5, 5.41) is 6.77.